The van der Waals surface area contributed by atoms with Crippen molar-refractivity contribution in [3.8, 4) is 22.6 Å². The summed E-state index contributed by atoms with van der Waals surface area (Å²) in [6.07, 6.45) is -2.28. The van der Waals surface area contributed by atoms with Crippen molar-refractivity contribution in [1.29, 1.82) is 0 Å². The summed E-state index contributed by atoms with van der Waals surface area (Å²) < 4.78 is 54.6. The number of hydrogen-bond donors (Lipinski definition) is 0. The van der Waals surface area contributed by atoms with Crippen LogP contribution in [0.1, 0.15) is 16.9 Å². The van der Waals surface area contributed by atoms with Gasteiger partial charge >= 0.3 is 6.18 Å². The Labute approximate surface area is 171 Å². The summed E-state index contributed by atoms with van der Waals surface area (Å²) in [7, 11) is 0. The van der Waals surface area contributed by atoms with Crippen molar-refractivity contribution in [1.82, 2.24) is 24.1 Å². The lowest BCUT2D eigenvalue weighted by Gasteiger charge is -2.12. The second-order valence-corrected chi connectivity index (χ2v) is 6.83. The number of carbonyl (C=O) groups excluding carboxylic acids is 1. The third kappa shape index (κ3) is 3.78. The highest BCUT2D eigenvalue weighted by Crippen LogP contribution is 2.33. The van der Waals surface area contributed by atoms with Crippen LogP contribution in [0.2, 0.25) is 5.02 Å². The van der Waals surface area contributed by atoms with Crippen molar-refractivity contribution < 1.29 is 22.4 Å². The zero-order valence-electron chi connectivity index (χ0n) is 15.1. The Morgan fingerprint density at radius 3 is 2.63 bits per heavy atom. The predicted octanol–water partition coefficient (Wildman–Crippen LogP) is 4.82. The van der Waals surface area contributed by atoms with Gasteiger partial charge < -0.3 is 4.57 Å². The lowest BCUT2D eigenvalue weighted by molar-refractivity contribution is -0.136. The normalized spacial score (nSPS) is 11.9. The Kier molecular flexibility index (Phi) is 5.02. The molecule has 0 bridgehead atoms. The van der Waals surface area contributed by atoms with Gasteiger partial charge in [-0.25, -0.2) is 18.9 Å². The summed E-state index contributed by atoms with van der Waals surface area (Å²) in [4.78, 5) is 19.5. The number of rotatable bonds is 5. The van der Waals surface area contributed by atoms with Crippen molar-refractivity contribution >= 4 is 23.5 Å². The van der Waals surface area contributed by atoms with E-state index in [0.717, 1.165) is 6.07 Å². The minimum Gasteiger partial charge on any atom is -0.328 e. The van der Waals surface area contributed by atoms with E-state index in [-0.39, 0.29) is 27.8 Å². The number of hydrogen-bond acceptors (Lipinski definition) is 4. The van der Waals surface area contributed by atoms with E-state index in [4.69, 9.17) is 11.6 Å². The maximum atomic E-state index is 13.6. The van der Waals surface area contributed by atoms with Crippen LogP contribution in [0.4, 0.5) is 17.6 Å². The molecule has 11 heteroatoms. The Bertz CT molecular complexity index is 1250. The number of nitrogens with zero attached hydrogens (tertiary/aromatic N) is 5. The van der Waals surface area contributed by atoms with Gasteiger partial charge in [-0.2, -0.15) is 18.3 Å². The third-order valence-electron chi connectivity index (χ3n) is 4.42. The maximum Gasteiger partial charge on any atom is 0.390 e. The molecule has 0 radical (unpaired) electrons. The Morgan fingerprint density at radius 2 is 1.93 bits per heavy atom. The van der Waals surface area contributed by atoms with Crippen molar-refractivity contribution in [2.45, 2.75) is 19.1 Å². The highest BCUT2D eigenvalue weighted by Gasteiger charge is 2.28. The van der Waals surface area contributed by atoms with Gasteiger partial charge in [0.15, 0.2) is 11.9 Å². The molecule has 0 fully saturated rings. The smallest absolute Gasteiger partial charge is 0.328 e. The summed E-state index contributed by atoms with van der Waals surface area (Å²) in [6, 6.07) is 7.05. The first-order chi connectivity index (χ1) is 14.3. The minimum atomic E-state index is -4.37. The summed E-state index contributed by atoms with van der Waals surface area (Å²) >= 11 is 5.87. The predicted molar refractivity (Wildman–Crippen MR) is 101 cm³/mol. The van der Waals surface area contributed by atoms with E-state index < -0.39 is 25.0 Å². The third-order valence-corrected chi connectivity index (χ3v) is 4.71. The quantitative estimate of drug-likeness (QED) is 0.332. The van der Waals surface area contributed by atoms with Gasteiger partial charge in [0.05, 0.1) is 35.4 Å². The number of alkyl halides is 3. The van der Waals surface area contributed by atoms with Crippen molar-refractivity contribution in [3.63, 3.8) is 0 Å². The van der Waals surface area contributed by atoms with E-state index in [1.54, 1.807) is 12.1 Å². The summed E-state index contributed by atoms with van der Waals surface area (Å²) in [5, 5.41) is 4.20. The molecule has 30 heavy (non-hydrogen) atoms. The fourth-order valence-corrected chi connectivity index (χ4v) is 3.20. The molecule has 4 aromatic rings. The average Bonchev–Trinajstić information content (AvgIpc) is 3.31. The Balaban J connectivity index is 1.89. The van der Waals surface area contributed by atoms with Crippen LogP contribution in [0, 0.1) is 5.82 Å². The fraction of sp³-hybridized carbons (Fsp3) is 0.158. The number of imidazole rings is 2. The van der Waals surface area contributed by atoms with Crippen LogP contribution >= 0.6 is 11.6 Å². The van der Waals surface area contributed by atoms with Crippen molar-refractivity contribution in [2.75, 3.05) is 0 Å². The molecule has 1 aromatic carbocycles. The number of aldehydes is 1. The molecular weight excluding hydrogens is 426 g/mol. The van der Waals surface area contributed by atoms with E-state index >= 15 is 0 Å². The van der Waals surface area contributed by atoms with E-state index in [1.807, 2.05) is 0 Å². The molecule has 0 amide bonds. The molecule has 4 rings (SSSR count). The van der Waals surface area contributed by atoms with Crippen LogP contribution in [-0.4, -0.2) is 36.6 Å². The van der Waals surface area contributed by atoms with Crippen LogP contribution < -0.4 is 0 Å². The molecule has 6 nitrogen and oxygen atoms in total. The second-order valence-electron chi connectivity index (χ2n) is 6.42. The van der Waals surface area contributed by atoms with Gasteiger partial charge in [-0.1, -0.05) is 11.6 Å². The first-order valence-electron chi connectivity index (χ1n) is 8.64. The Hall–Kier alpha value is -3.27. The fourth-order valence-electron chi connectivity index (χ4n) is 3.02. The number of fused-ring (bicyclic) bond motifs is 1. The number of benzene rings is 1. The zero-order chi connectivity index (χ0) is 21.5. The average molecular weight is 438 g/mol. The van der Waals surface area contributed by atoms with Gasteiger partial charge in [0.25, 0.3) is 0 Å². The summed E-state index contributed by atoms with van der Waals surface area (Å²) in [5.74, 6) is -0.632. The molecule has 0 atom stereocenters. The lowest BCUT2D eigenvalue weighted by Crippen LogP contribution is -2.13. The molecule has 0 aliphatic heterocycles. The van der Waals surface area contributed by atoms with Crippen LogP contribution in [0.3, 0.4) is 0 Å². The molecule has 0 aliphatic carbocycles. The molecular formula is C19H12ClF4N5O. The van der Waals surface area contributed by atoms with Gasteiger partial charge in [0, 0.05) is 12.1 Å². The van der Waals surface area contributed by atoms with Gasteiger partial charge in [0.1, 0.15) is 17.2 Å². The van der Waals surface area contributed by atoms with E-state index in [2.05, 4.69) is 15.1 Å². The first kappa shape index (κ1) is 20.0. The second kappa shape index (κ2) is 7.52. The number of halogens is 5. The van der Waals surface area contributed by atoms with Crippen LogP contribution in [0.5, 0.6) is 0 Å². The van der Waals surface area contributed by atoms with E-state index in [9.17, 15) is 22.4 Å². The molecule has 0 N–H and O–H groups in total. The first-order valence-corrected chi connectivity index (χ1v) is 9.02. The van der Waals surface area contributed by atoms with Crippen molar-refractivity contribution in [3.05, 3.63) is 59.4 Å². The van der Waals surface area contributed by atoms with Gasteiger partial charge in [0.2, 0.25) is 0 Å². The molecule has 3 aromatic heterocycles. The Morgan fingerprint density at radius 1 is 1.13 bits per heavy atom. The molecule has 0 spiro atoms. The molecule has 3 heterocycles. The van der Waals surface area contributed by atoms with Gasteiger partial charge in [-0.3, -0.25) is 4.79 Å². The van der Waals surface area contributed by atoms with Crippen LogP contribution in [0.15, 0.2) is 42.9 Å². The van der Waals surface area contributed by atoms with E-state index in [1.165, 1.54) is 33.7 Å². The molecule has 0 saturated heterocycles. The van der Waals surface area contributed by atoms with Gasteiger partial charge in [-0.15, -0.1) is 0 Å². The number of aromatic nitrogens is 5. The summed E-state index contributed by atoms with van der Waals surface area (Å²) in [6.45, 7) is -0.398. The zero-order valence-corrected chi connectivity index (χ0v) is 15.8. The standard InChI is InChI=1S/C19H12ClF4N5O/c20-13-7-11(1-2-14(13)21)17-18(28(10-26-17)6-5-19(22,23)24)15-3-4-16-25-8-12(9-30)29(16)27-15/h1-4,7-10H,5-6H2. The summed E-state index contributed by atoms with van der Waals surface area (Å²) in [5.41, 5.74) is 1.80. The maximum absolute atomic E-state index is 13.6. The minimum absolute atomic E-state index is 0.149. The van der Waals surface area contributed by atoms with Crippen LogP contribution in [0.25, 0.3) is 28.3 Å². The topological polar surface area (TPSA) is 65.1 Å². The highest BCUT2D eigenvalue weighted by atomic mass is 35.5. The van der Waals surface area contributed by atoms with Gasteiger partial charge in [-0.05, 0) is 30.3 Å². The largest absolute Gasteiger partial charge is 0.390 e. The molecule has 0 aliphatic rings. The number of carbonyl (C=O) groups is 1. The number of aryl methyl sites for hydroxylation is 1. The van der Waals surface area contributed by atoms with E-state index in [0.29, 0.717) is 17.5 Å². The SMILES string of the molecule is O=Cc1cnc2ccc(-c3c(-c4ccc(F)c(Cl)c4)ncn3CCC(F)(F)F)nn12. The monoisotopic (exact) mass is 437 g/mol. The molecule has 154 valence electrons. The van der Waals surface area contributed by atoms with Crippen LogP contribution in [-0.2, 0) is 6.54 Å². The highest BCUT2D eigenvalue weighted by molar-refractivity contribution is 6.31. The van der Waals surface area contributed by atoms with Crippen molar-refractivity contribution in [2.24, 2.45) is 0 Å². The lowest BCUT2D eigenvalue weighted by atomic mass is 10.1. The molecule has 0 unspecified atom stereocenters. The molecule has 0 saturated carbocycles.